The molecule has 2 rings (SSSR count). The molecule has 0 aliphatic heterocycles. The van der Waals surface area contributed by atoms with Gasteiger partial charge in [-0.3, -0.25) is 4.79 Å². The zero-order chi connectivity index (χ0) is 14.8. The Kier molecular flexibility index (Phi) is 4.12. The van der Waals surface area contributed by atoms with Gasteiger partial charge in [0.1, 0.15) is 0 Å². The molecular weight excluding hydrogens is 254 g/mol. The maximum Gasteiger partial charge on any atom is 0.335 e. The summed E-state index contributed by atoms with van der Waals surface area (Å²) in [7, 11) is 0. The smallest absolute Gasteiger partial charge is 0.335 e. The maximum absolute atomic E-state index is 12.2. The Hall–Kier alpha value is -1.84. The predicted octanol–water partition coefficient (Wildman–Crippen LogP) is 2.83. The van der Waals surface area contributed by atoms with Crippen LogP contribution in [0, 0.1) is 11.3 Å². The summed E-state index contributed by atoms with van der Waals surface area (Å²) in [5.74, 6) is -0.812. The fourth-order valence-electron chi connectivity index (χ4n) is 2.94. The van der Waals surface area contributed by atoms with E-state index >= 15 is 0 Å². The Morgan fingerprint density at radius 3 is 2.75 bits per heavy atom. The number of carbonyl (C=O) groups excluding carboxylic acids is 1. The molecule has 108 valence electrons. The van der Waals surface area contributed by atoms with Crippen LogP contribution in [-0.2, 0) is 11.3 Å². The quantitative estimate of drug-likeness (QED) is 0.888. The molecule has 0 spiro atoms. The molecule has 0 heterocycles. The molecule has 1 saturated carbocycles. The van der Waals surface area contributed by atoms with Crippen molar-refractivity contribution >= 4 is 11.9 Å². The highest BCUT2D eigenvalue weighted by molar-refractivity contribution is 5.87. The van der Waals surface area contributed by atoms with Gasteiger partial charge in [0.05, 0.1) is 5.56 Å². The molecule has 2 N–H and O–H groups in total. The largest absolute Gasteiger partial charge is 0.478 e. The fourth-order valence-corrected chi connectivity index (χ4v) is 2.94. The van der Waals surface area contributed by atoms with Gasteiger partial charge in [-0.1, -0.05) is 32.4 Å². The molecule has 0 bridgehead atoms. The van der Waals surface area contributed by atoms with E-state index in [1.165, 1.54) is 0 Å². The van der Waals surface area contributed by atoms with Crippen LogP contribution in [0.2, 0.25) is 0 Å². The lowest BCUT2D eigenvalue weighted by Gasteiger charge is -2.25. The van der Waals surface area contributed by atoms with Crippen molar-refractivity contribution in [2.45, 2.75) is 39.7 Å². The average Bonchev–Trinajstić information content (AvgIpc) is 2.76. The van der Waals surface area contributed by atoms with Crippen molar-refractivity contribution in [2.75, 3.05) is 0 Å². The molecule has 4 nitrogen and oxygen atoms in total. The molecule has 0 saturated heterocycles. The lowest BCUT2D eigenvalue weighted by atomic mass is 9.81. The number of carboxylic acids is 1. The molecule has 1 aromatic rings. The van der Waals surface area contributed by atoms with Gasteiger partial charge in [-0.25, -0.2) is 4.79 Å². The molecule has 1 fully saturated rings. The second-order valence-electron chi connectivity index (χ2n) is 6.16. The van der Waals surface area contributed by atoms with Crippen molar-refractivity contribution in [3.05, 3.63) is 35.4 Å². The third-order valence-electron chi connectivity index (χ3n) is 4.21. The fraction of sp³-hybridized carbons (Fsp3) is 0.500. The first kappa shape index (κ1) is 14.6. The number of rotatable bonds is 4. The first-order valence-electron chi connectivity index (χ1n) is 7.00. The standard InChI is InChI=1S/C16H21NO3/c1-16(2)8-4-7-13(16)14(18)17-10-11-5-3-6-12(9-11)15(19)20/h3,5-6,9,13H,4,7-8,10H2,1-2H3,(H,17,18)(H,19,20). The summed E-state index contributed by atoms with van der Waals surface area (Å²) >= 11 is 0. The number of carboxylic acid groups (broad SMARTS) is 1. The van der Waals surface area contributed by atoms with Gasteiger partial charge < -0.3 is 10.4 Å². The molecule has 0 aromatic heterocycles. The van der Waals surface area contributed by atoms with E-state index in [0.717, 1.165) is 24.8 Å². The van der Waals surface area contributed by atoms with Crippen LogP contribution in [-0.4, -0.2) is 17.0 Å². The molecule has 0 radical (unpaired) electrons. The van der Waals surface area contributed by atoms with Crippen LogP contribution in [0.5, 0.6) is 0 Å². The van der Waals surface area contributed by atoms with Crippen molar-refractivity contribution < 1.29 is 14.7 Å². The van der Waals surface area contributed by atoms with Crippen LogP contribution < -0.4 is 5.32 Å². The van der Waals surface area contributed by atoms with Crippen LogP contribution in [0.25, 0.3) is 0 Å². The molecule has 20 heavy (non-hydrogen) atoms. The summed E-state index contributed by atoms with van der Waals surface area (Å²) in [6, 6.07) is 6.67. The maximum atomic E-state index is 12.2. The van der Waals surface area contributed by atoms with E-state index in [4.69, 9.17) is 5.11 Å². The SMILES string of the molecule is CC1(C)CCCC1C(=O)NCc1cccc(C(=O)O)c1. The van der Waals surface area contributed by atoms with E-state index in [-0.39, 0.29) is 22.8 Å². The minimum Gasteiger partial charge on any atom is -0.478 e. The summed E-state index contributed by atoms with van der Waals surface area (Å²) in [5, 5.41) is 11.9. The first-order valence-corrected chi connectivity index (χ1v) is 7.00. The van der Waals surface area contributed by atoms with E-state index in [2.05, 4.69) is 19.2 Å². The number of amides is 1. The van der Waals surface area contributed by atoms with Gasteiger partial charge in [-0.05, 0) is 36.0 Å². The second kappa shape index (κ2) is 5.65. The van der Waals surface area contributed by atoms with Crippen LogP contribution in [0.4, 0.5) is 0 Å². The lowest BCUT2D eigenvalue weighted by Crippen LogP contribution is -2.35. The Morgan fingerprint density at radius 1 is 1.40 bits per heavy atom. The van der Waals surface area contributed by atoms with E-state index < -0.39 is 5.97 Å². The van der Waals surface area contributed by atoms with Gasteiger partial charge in [0.25, 0.3) is 0 Å². The van der Waals surface area contributed by atoms with Crippen molar-refractivity contribution in [2.24, 2.45) is 11.3 Å². The Labute approximate surface area is 119 Å². The highest BCUT2D eigenvalue weighted by Gasteiger charge is 2.38. The molecule has 1 aliphatic carbocycles. The minimum atomic E-state index is -0.949. The van der Waals surface area contributed by atoms with E-state index in [9.17, 15) is 9.59 Å². The molecule has 4 heteroatoms. The summed E-state index contributed by atoms with van der Waals surface area (Å²) < 4.78 is 0. The molecule has 1 atom stereocenters. The molecule has 1 aliphatic rings. The summed E-state index contributed by atoms with van der Waals surface area (Å²) in [5.41, 5.74) is 1.12. The van der Waals surface area contributed by atoms with Crippen molar-refractivity contribution in [1.82, 2.24) is 5.32 Å². The second-order valence-corrected chi connectivity index (χ2v) is 6.16. The van der Waals surface area contributed by atoms with Gasteiger partial charge >= 0.3 is 5.97 Å². The number of hydrogen-bond acceptors (Lipinski definition) is 2. The Bertz CT molecular complexity index is 522. The average molecular weight is 275 g/mol. The van der Waals surface area contributed by atoms with Gasteiger partial charge in [0, 0.05) is 12.5 Å². The highest BCUT2D eigenvalue weighted by atomic mass is 16.4. The van der Waals surface area contributed by atoms with Gasteiger partial charge in [-0.2, -0.15) is 0 Å². The monoisotopic (exact) mass is 275 g/mol. The lowest BCUT2D eigenvalue weighted by molar-refractivity contribution is -0.127. The van der Waals surface area contributed by atoms with Crippen molar-refractivity contribution in [1.29, 1.82) is 0 Å². The highest BCUT2D eigenvalue weighted by Crippen LogP contribution is 2.42. The zero-order valence-electron chi connectivity index (χ0n) is 12.0. The third-order valence-corrected chi connectivity index (χ3v) is 4.21. The van der Waals surface area contributed by atoms with Gasteiger partial charge in [0.2, 0.25) is 5.91 Å². The van der Waals surface area contributed by atoms with Crippen LogP contribution in [0.15, 0.2) is 24.3 Å². The summed E-state index contributed by atoms with van der Waals surface area (Å²) in [4.78, 5) is 23.1. The van der Waals surface area contributed by atoms with Crippen molar-refractivity contribution in [3.8, 4) is 0 Å². The van der Waals surface area contributed by atoms with E-state index in [1.54, 1.807) is 18.2 Å². The first-order chi connectivity index (χ1) is 9.40. The third kappa shape index (κ3) is 3.18. The number of aromatic carboxylic acids is 1. The summed E-state index contributed by atoms with van der Waals surface area (Å²) in [6.07, 6.45) is 3.12. The van der Waals surface area contributed by atoms with Crippen LogP contribution >= 0.6 is 0 Å². The molecule has 1 unspecified atom stereocenters. The molecular formula is C16H21NO3. The summed E-state index contributed by atoms with van der Waals surface area (Å²) in [6.45, 7) is 4.65. The topological polar surface area (TPSA) is 66.4 Å². The number of carbonyl (C=O) groups is 2. The molecule has 1 aromatic carbocycles. The van der Waals surface area contributed by atoms with Gasteiger partial charge in [-0.15, -0.1) is 0 Å². The van der Waals surface area contributed by atoms with E-state index in [1.807, 2.05) is 6.07 Å². The van der Waals surface area contributed by atoms with Crippen LogP contribution in [0.3, 0.4) is 0 Å². The molecule has 1 amide bonds. The van der Waals surface area contributed by atoms with Gasteiger partial charge in [0.15, 0.2) is 0 Å². The Balaban J connectivity index is 1.97. The van der Waals surface area contributed by atoms with Crippen LogP contribution in [0.1, 0.15) is 49.0 Å². The number of benzene rings is 1. The minimum absolute atomic E-state index is 0.0603. The van der Waals surface area contributed by atoms with Crippen molar-refractivity contribution in [3.63, 3.8) is 0 Å². The normalized spacial score (nSPS) is 20.6. The Morgan fingerprint density at radius 2 is 2.15 bits per heavy atom. The zero-order valence-corrected chi connectivity index (χ0v) is 12.0. The number of nitrogens with one attached hydrogen (secondary N) is 1. The predicted molar refractivity (Wildman–Crippen MR) is 76.4 cm³/mol. The van der Waals surface area contributed by atoms with E-state index in [0.29, 0.717) is 6.54 Å². The number of hydrogen-bond donors (Lipinski definition) is 2.